The minimum absolute atomic E-state index is 0.0834. The Bertz CT molecular complexity index is 896. The Balaban J connectivity index is 1.61. The summed E-state index contributed by atoms with van der Waals surface area (Å²) in [5, 5.41) is 12.4. The predicted octanol–water partition coefficient (Wildman–Crippen LogP) is 2.44. The van der Waals surface area contributed by atoms with Crippen LogP contribution in [0.25, 0.3) is 0 Å². The summed E-state index contributed by atoms with van der Waals surface area (Å²) in [4.78, 5) is 38.6. The molecule has 2 aromatic rings. The van der Waals surface area contributed by atoms with E-state index in [2.05, 4.69) is 5.32 Å². The van der Waals surface area contributed by atoms with E-state index in [1.54, 1.807) is 11.0 Å². The first-order valence-electron chi connectivity index (χ1n) is 9.00. The number of likely N-dealkylation sites (tertiary alicyclic amines) is 1. The predicted molar refractivity (Wildman–Crippen MR) is 99.3 cm³/mol. The van der Waals surface area contributed by atoms with E-state index in [-0.39, 0.29) is 30.7 Å². The molecule has 27 heavy (non-hydrogen) atoms. The summed E-state index contributed by atoms with van der Waals surface area (Å²) in [5.74, 6) is -2.74. The maximum absolute atomic E-state index is 13.2. The highest BCUT2D eigenvalue weighted by molar-refractivity contribution is 6.01. The van der Waals surface area contributed by atoms with Crippen LogP contribution in [0.4, 0.5) is 5.69 Å². The highest BCUT2D eigenvalue weighted by Crippen LogP contribution is 2.38. The van der Waals surface area contributed by atoms with Crippen molar-refractivity contribution >= 4 is 23.5 Å². The van der Waals surface area contributed by atoms with Gasteiger partial charge in [-0.25, -0.2) is 0 Å². The van der Waals surface area contributed by atoms with Gasteiger partial charge in [-0.15, -0.1) is 0 Å². The van der Waals surface area contributed by atoms with Gasteiger partial charge in [0.1, 0.15) is 0 Å². The van der Waals surface area contributed by atoms with Gasteiger partial charge in [0.2, 0.25) is 11.8 Å². The minimum Gasteiger partial charge on any atom is -0.481 e. The Morgan fingerprint density at radius 2 is 1.70 bits per heavy atom. The van der Waals surface area contributed by atoms with Gasteiger partial charge in [-0.1, -0.05) is 48.5 Å². The molecule has 2 aliphatic heterocycles. The molecule has 138 valence electrons. The summed E-state index contributed by atoms with van der Waals surface area (Å²) >= 11 is 0. The van der Waals surface area contributed by atoms with Gasteiger partial charge in [-0.2, -0.15) is 0 Å². The average Bonchev–Trinajstić information content (AvgIpc) is 3.13. The zero-order valence-electron chi connectivity index (χ0n) is 14.7. The molecule has 0 spiro atoms. The molecule has 3 atom stereocenters. The van der Waals surface area contributed by atoms with Gasteiger partial charge >= 0.3 is 5.97 Å². The first-order valence-corrected chi connectivity index (χ1v) is 9.00. The van der Waals surface area contributed by atoms with Crippen LogP contribution < -0.4 is 5.32 Å². The van der Waals surface area contributed by atoms with Crippen molar-refractivity contribution in [2.75, 3.05) is 18.4 Å². The van der Waals surface area contributed by atoms with Crippen LogP contribution in [0.3, 0.4) is 0 Å². The molecule has 0 aromatic heterocycles. The third kappa shape index (κ3) is 3.18. The number of amides is 2. The number of fused-ring (bicyclic) bond motifs is 1. The van der Waals surface area contributed by atoms with E-state index < -0.39 is 17.8 Å². The summed E-state index contributed by atoms with van der Waals surface area (Å²) in [6.07, 6.45) is 0.0834. The maximum atomic E-state index is 13.2. The largest absolute Gasteiger partial charge is 0.481 e. The zero-order chi connectivity index (χ0) is 19.0. The number of hydrogen-bond acceptors (Lipinski definition) is 3. The molecule has 0 aliphatic carbocycles. The topological polar surface area (TPSA) is 86.7 Å². The first-order chi connectivity index (χ1) is 13.0. The molecule has 2 aromatic carbocycles. The van der Waals surface area contributed by atoms with E-state index in [4.69, 9.17) is 0 Å². The Hall–Kier alpha value is -3.15. The molecule has 0 radical (unpaired) electrons. The number of para-hydroxylation sites is 1. The SMILES string of the molecule is O=C1CC(C(=O)N2CC(C(=O)O)C(c3ccccc3)C2)c2ccccc2N1. The molecule has 2 N–H and O–H groups in total. The second kappa shape index (κ2) is 6.87. The van der Waals surface area contributed by atoms with Crippen molar-refractivity contribution in [2.24, 2.45) is 5.92 Å². The number of carboxylic acids is 1. The summed E-state index contributed by atoms with van der Waals surface area (Å²) < 4.78 is 0. The van der Waals surface area contributed by atoms with E-state index in [0.717, 1.165) is 11.1 Å². The minimum atomic E-state index is -0.902. The Morgan fingerprint density at radius 1 is 1.00 bits per heavy atom. The number of nitrogens with zero attached hydrogens (tertiary/aromatic N) is 1. The molecule has 1 saturated heterocycles. The molecule has 6 heteroatoms. The van der Waals surface area contributed by atoms with Gasteiger partial charge in [0, 0.05) is 31.1 Å². The summed E-state index contributed by atoms with van der Waals surface area (Å²) in [5.41, 5.74) is 2.36. The molecule has 3 unspecified atom stereocenters. The Labute approximate surface area is 156 Å². The first kappa shape index (κ1) is 17.3. The molecule has 2 aliphatic rings. The molecule has 6 nitrogen and oxygen atoms in total. The molecule has 0 bridgehead atoms. The maximum Gasteiger partial charge on any atom is 0.308 e. The monoisotopic (exact) mass is 364 g/mol. The summed E-state index contributed by atoms with van der Waals surface area (Å²) in [6, 6.07) is 16.7. The molecular formula is C21H20N2O4. The van der Waals surface area contributed by atoms with Gasteiger partial charge < -0.3 is 15.3 Å². The van der Waals surface area contributed by atoms with Gasteiger partial charge in [-0.3, -0.25) is 14.4 Å². The molecule has 2 amide bonds. The molecule has 4 rings (SSSR count). The quantitative estimate of drug-likeness (QED) is 0.876. The smallest absolute Gasteiger partial charge is 0.308 e. The van der Waals surface area contributed by atoms with Crippen LogP contribution in [0.5, 0.6) is 0 Å². The van der Waals surface area contributed by atoms with Crippen LogP contribution in [0, 0.1) is 5.92 Å². The number of anilines is 1. The van der Waals surface area contributed by atoms with E-state index in [0.29, 0.717) is 12.2 Å². The molecular weight excluding hydrogens is 344 g/mol. The van der Waals surface area contributed by atoms with Crippen LogP contribution in [0.15, 0.2) is 54.6 Å². The standard InChI is InChI=1S/C21H20N2O4/c24-19-10-15(14-8-4-5-9-18(14)22-19)20(25)23-11-16(17(12-23)21(26)27)13-6-2-1-3-7-13/h1-9,15-17H,10-12H2,(H,22,24)(H,26,27). The van der Waals surface area contributed by atoms with Gasteiger partial charge in [0.05, 0.1) is 11.8 Å². The van der Waals surface area contributed by atoms with Crippen molar-refractivity contribution in [1.29, 1.82) is 0 Å². The number of rotatable bonds is 3. The Morgan fingerprint density at radius 3 is 2.44 bits per heavy atom. The van der Waals surface area contributed by atoms with E-state index in [9.17, 15) is 19.5 Å². The number of carbonyl (C=O) groups excluding carboxylic acids is 2. The van der Waals surface area contributed by atoms with Crippen molar-refractivity contribution in [2.45, 2.75) is 18.3 Å². The average molecular weight is 364 g/mol. The van der Waals surface area contributed by atoms with Crippen molar-refractivity contribution in [3.63, 3.8) is 0 Å². The van der Waals surface area contributed by atoms with Gasteiger partial charge in [0.15, 0.2) is 0 Å². The number of aliphatic carboxylic acids is 1. The highest BCUT2D eigenvalue weighted by Gasteiger charge is 2.43. The molecule has 2 heterocycles. The lowest BCUT2D eigenvalue weighted by Gasteiger charge is -2.28. The van der Waals surface area contributed by atoms with Crippen molar-refractivity contribution < 1.29 is 19.5 Å². The second-order valence-electron chi connectivity index (χ2n) is 7.10. The number of hydrogen-bond donors (Lipinski definition) is 2. The highest BCUT2D eigenvalue weighted by atomic mass is 16.4. The van der Waals surface area contributed by atoms with Crippen LogP contribution in [-0.4, -0.2) is 40.9 Å². The molecule has 1 fully saturated rings. The normalized spacial score (nSPS) is 24.2. The number of carboxylic acid groups (broad SMARTS) is 1. The van der Waals surface area contributed by atoms with Crippen LogP contribution in [0.2, 0.25) is 0 Å². The Kier molecular flexibility index (Phi) is 4.39. The fourth-order valence-corrected chi connectivity index (χ4v) is 4.12. The van der Waals surface area contributed by atoms with Crippen LogP contribution >= 0.6 is 0 Å². The van der Waals surface area contributed by atoms with Crippen molar-refractivity contribution in [3.8, 4) is 0 Å². The second-order valence-corrected chi connectivity index (χ2v) is 7.10. The van der Waals surface area contributed by atoms with Gasteiger partial charge in [0.25, 0.3) is 0 Å². The lowest BCUT2D eigenvalue weighted by atomic mass is 9.89. The van der Waals surface area contributed by atoms with E-state index in [1.807, 2.05) is 48.5 Å². The van der Waals surface area contributed by atoms with E-state index in [1.165, 1.54) is 0 Å². The third-order valence-corrected chi connectivity index (χ3v) is 5.47. The number of nitrogens with one attached hydrogen (secondary N) is 1. The third-order valence-electron chi connectivity index (χ3n) is 5.47. The lowest BCUT2D eigenvalue weighted by Crippen LogP contribution is -2.37. The lowest BCUT2D eigenvalue weighted by molar-refractivity contribution is -0.142. The number of carbonyl (C=O) groups is 3. The summed E-state index contributed by atoms with van der Waals surface area (Å²) in [6.45, 7) is 0.508. The zero-order valence-corrected chi connectivity index (χ0v) is 14.7. The number of benzene rings is 2. The van der Waals surface area contributed by atoms with Crippen molar-refractivity contribution in [3.05, 3.63) is 65.7 Å². The fraction of sp³-hybridized carbons (Fsp3) is 0.286. The molecule has 0 saturated carbocycles. The van der Waals surface area contributed by atoms with Gasteiger partial charge in [-0.05, 0) is 17.2 Å². The summed E-state index contributed by atoms with van der Waals surface area (Å²) in [7, 11) is 0. The van der Waals surface area contributed by atoms with Crippen molar-refractivity contribution in [1.82, 2.24) is 4.90 Å². The van der Waals surface area contributed by atoms with Crippen LogP contribution in [0.1, 0.15) is 29.4 Å². The van der Waals surface area contributed by atoms with Crippen LogP contribution in [-0.2, 0) is 14.4 Å². The van der Waals surface area contributed by atoms with E-state index >= 15 is 0 Å². The fourth-order valence-electron chi connectivity index (χ4n) is 4.12.